The maximum Gasteiger partial charge on any atom is 0.0979 e. The van der Waals surface area contributed by atoms with Crippen molar-refractivity contribution in [3.8, 4) is 11.3 Å². The summed E-state index contributed by atoms with van der Waals surface area (Å²) >= 11 is 5.26. The van der Waals surface area contributed by atoms with Crippen molar-refractivity contribution in [1.82, 2.24) is 4.98 Å². The molecule has 0 saturated carbocycles. The summed E-state index contributed by atoms with van der Waals surface area (Å²) in [6.45, 7) is 4.26. The van der Waals surface area contributed by atoms with Gasteiger partial charge in [0.25, 0.3) is 0 Å². The fourth-order valence-corrected chi connectivity index (χ4v) is 3.47. The Bertz CT molecular complexity index is 487. The number of hydrogen-bond acceptors (Lipinski definition) is 2. The van der Waals surface area contributed by atoms with E-state index in [4.69, 9.17) is 0 Å². The van der Waals surface area contributed by atoms with Crippen LogP contribution in [0.3, 0.4) is 0 Å². The molecule has 17 heavy (non-hydrogen) atoms. The third kappa shape index (κ3) is 3.17. The second-order valence-corrected chi connectivity index (χ2v) is 6.68. The minimum atomic E-state index is 1.06. The number of benzene rings is 1. The molecule has 3 heteroatoms. The predicted molar refractivity (Wildman–Crippen MR) is 78.6 cm³/mol. The average molecular weight is 310 g/mol. The normalized spacial score (nSPS) is 10.8. The van der Waals surface area contributed by atoms with Gasteiger partial charge < -0.3 is 0 Å². The molecule has 0 aliphatic heterocycles. The van der Waals surface area contributed by atoms with Gasteiger partial charge >= 0.3 is 0 Å². The molecule has 0 aliphatic carbocycles. The van der Waals surface area contributed by atoms with Crippen molar-refractivity contribution in [2.45, 2.75) is 33.1 Å². The van der Waals surface area contributed by atoms with Crippen LogP contribution >= 0.6 is 27.3 Å². The maximum absolute atomic E-state index is 4.54. The van der Waals surface area contributed by atoms with Gasteiger partial charge in [-0.2, -0.15) is 0 Å². The molecule has 2 aromatic rings. The highest BCUT2D eigenvalue weighted by Crippen LogP contribution is 2.32. The van der Waals surface area contributed by atoms with Crippen molar-refractivity contribution < 1.29 is 0 Å². The van der Waals surface area contributed by atoms with Gasteiger partial charge in [0.1, 0.15) is 0 Å². The van der Waals surface area contributed by atoms with Crippen LogP contribution in [-0.2, 0) is 6.42 Å². The molecule has 0 aliphatic rings. The molecule has 0 fully saturated rings. The molecular weight excluding hydrogens is 294 g/mol. The van der Waals surface area contributed by atoms with Crippen molar-refractivity contribution in [3.63, 3.8) is 0 Å². The van der Waals surface area contributed by atoms with Gasteiger partial charge in [0.2, 0.25) is 0 Å². The van der Waals surface area contributed by atoms with Crippen molar-refractivity contribution >= 4 is 27.3 Å². The molecule has 0 unspecified atom stereocenters. The number of aromatic nitrogens is 1. The minimum absolute atomic E-state index is 1.06. The van der Waals surface area contributed by atoms with Crippen LogP contribution in [0.15, 0.2) is 28.1 Å². The van der Waals surface area contributed by atoms with Gasteiger partial charge in [-0.1, -0.05) is 37.6 Å². The summed E-state index contributed by atoms with van der Waals surface area (Å²) in [6.07, 6.45) is 3.69. The van der Waals surface area contributed by atoms with Gasteiger partial charge in [-0.05, 0) is 41.3 Å². The van der Waals surface area contributed by atoms with Gasteiger partial charge in [0.05, 0.1) is 14.5 Å². The zero-order chi connectivity index (χ0) is 12.3. The average Bonchev–Trinajstić information content (AvgIpc) is 2.66. The summed E-state index contributed by atoms with van der Waals surface area (Å²) < 4.78 is 1.12. The van der Waals surface area contributed by atoms with Crippen LogP contribution in [0.4, 0.5) is 0 Å². The molecule has 1 aromatic heterocycles. The molecular formula is C14H16BrNS. The Morgan fingerprint density at radius 2 is 1.94 bits per heavy atom. The highest BCUT2D eigenvalue weighted by molar-refractivity contribution is 9.11. The van der Waals surface area contributed by atoms with Crippen molar-refractivity contribution in [2.75, 3.05) is 0 Å². The third-order valence-electron chi connectivity index (χ3n) is 2.74. The molecule has 0 atom stereocenters. The Hall–Kier alpha value is -0.670. The van der Waals surface area contributed by atoms with E-state index in [1.165, 1.54) is 30.4 Å². The highest BCUT2D eigenvalue weighted by atomic mass is 79.9. The lowest BCUT2D eigenvalue weighted by molar-refractivity contribution is 0.795. The lowest BCUT2D eigenvalue weighted by atomic mass is 10.1. The van der Waals surface area contributed by atoms with E-state index in [0.29, 0.717) is 0 Å². The zero-order valence-electron chi connectivity index (χ0n) is 10.2. The van der Waals surface area contributed by atoms with Gasteiger partial charge in [0, 0.05) is 5.56 Å². The van der Waals surface area contributed by atoms with Crippen LogP contribution in [0.5, 0.6) is 0 Å². The Morgan fingerprint density at radius 1 is 1.24 bits per heavy atom. The summed E-state index contributed by atoms with van der Waals surface area (Å²) in [4.78, 5) is 4.54. The number of nitrogens with zero attached hydrogens (tertiary/aromatic N) is 1. The van der Waals surface area contributed by atoms with Gasteiger partial charge in [0.15, 0.2) is 0 Å². The zero-order valence-corrected chi connectivity index (χ0v) is 12.6. The Balaban J connectivity index is 2.20. The second-order valence-electron chi connectivity index (χ2n) is 4.16. The topological polar surface area (TPSA) is 12.9 Å². The Kier molecular flexibility index (Phi) is 4.35. The standard InChI is InChI=1S/C14H16BrNS/c1-3-4-5-11-6-8-12(9-7-11)13-14(15)17-10(2)16-13/h6-9H,3-5H2,1-2H3. The van der Waals surface area contributed by atoms with Crippen molar-refractivity contribution in [3.05, 3.63) is 38.6 Å². The summed E-state index contributed by atoms with van der Waals surface area (Å²) in [5, 5.41) is 1.10. The second kappa shape index (κ2) is 5.78. The molecule has 1 aromatic carbocycles. The fourth-order valence-electron chi connectivity index (χ4n) is 1.79. The lowest BCUT2D eigenvalue weighted by Crippen LogP contribution is -1.85. The summed E-state index contributed by atoms with van der Waals surface area (Å²) in [5.74, 6) is 0. The van der Waals surface area contributed by atoms with E-state index in [-0.39, 0.29) is 0 Å². The first-order chi connectivity index (χ1) is 8.20. The largest absolute Gasteiger partial charge is 0.240 e. The van der Waals surface area contributed by atoms with Gasteiger partial charge in [-0.25, -0.2) is 4.98 Å². The number of rotatable bonds is 4. The van der Waals surface area contributed by atoms with E-state index in [1.54, 1.807) is 11.3 Å². The van der Waals surface area contributed by atoms with Crippen molar-refractivity contribution in [2.24, 2.45) is 0 Å². The summed E-state index contributed by atoms with van der Waals surface area (Å²) in [6, 6.07) is 8.77. The molecule has 0 spiro atoms. The summed E-state index contributed by atoms with van der Waals surface area (Å²) in [5.41, 5.74) is 3.68. The van der Waals surface area contributed by atoms with E-state index in [0.717, 1.165) is 14.5 Å². The number of halogens is 1. The Morgan fingerprint density at radius 3 is 2.47 bits per heavy atom. The van der Waals surface area contributed by atoms with E-state index in [9.17, 15) is 0 Å². The number of aryl methyl sites for hydroxylation is 2. The first-order valence-electron chi connectivity index (χ1n) is 5.93. The van der Waals surface area contributed by atoms with Crippen LogP contribution in [0.2, 0.25) is 0 Å². The van der Waals surface area contributed by atoms with Crippen LogP contribution in [0, 0.1) is 6.92 Å². The molecule has 90 valence electrons. The Labute approximate surface area is 115 Å². The van der Waals surface area contributed by atoms with Crippen LogP contribution < -0.4 is 0 Å². The van der Waals surface area contributed by atoms with E-state index in [2.05, 4.69) is 52.1 Å². The number of unbranched alkanes of at least 4 members (excludes halogenated alkanes) is 1. The molecule has 0 amide bonds. The van der Waals surface area contributed by atoms with E-state index >= 15 is 0 Å². The number of hydrogen-bond donors (Lipinski definition) is 0. The quantitative estimate of drug-likeness (QED) is 0.754. The lowest BCUT2D eigenvalue weighted by Gasteiger charge is -2.02. The van der Waals surface area contributed by atoms with Gasteiger partial charge in [-0.3, -0.25) is 0 Å². The molecule has 0 N–H and O–H groups in total. The third-order valence-corrected chi connectivity index (χ3v) is 4.36. The SMILES string of the molecule is CCCCc1ccc(-c2nc(C)sc2Br)cc1. The maximum atomic E-state index is 4.54. The highest BCUT2D eigenvalue weighted by Gasteiger charge is 2.08. The molecule has 1 heterocycles. The first-order valence-corrected chi connectivity index (χ1v) is 7.54. The van der Waals surface area contributed by atoms with E-state index < -0.39 is 0 Å². The predicted octanol–water partition coefficient (Wildman–Crippen LogP) is 5.22. The fraction of sp³-hybridized carbons (Fsp3) is 0.357. The molecule has 0 radical (unpaired) electrons. The van der Waals surface area contributed by atoms with Crippen molar-refractivity contribution in [1.29, 1.82) is 0 Å². The molecule has 1 nitrogen and oxygen atoms in total. The number of thiazole rings is 1. The first kappa shape index (κ1) is 12.8. The van der Waals surface area contributed by atoms with Gasteiger partial charge in [-0.15, -0.1) is 11.3 Å². The minimum Gasteiger partial charge on any atom is -0.240 e. The van der Waals surface area contributed by atoms with Crippen LogP contribution in [-0.4, -0.2) is 4.98 Å². The summed E-state index contributed by atoms with van der Waals surface area (Å²) in [7, 11) is 0. The molecule has 0 bridgehead atoms. The smallest absolute Gasteiger partial charge is 0.0979 e. The molecule has 2 rings (SSSR count). The van der Waals surface area contributed by atoms with Crippen LogP contribution in [0.25, 0.3) is 11.3 Å². The van der Waals surface area contributed by atoms with Crippen LogP contribution in [0.1, 0.15) is 30.3 Å². The van der Waals surface area contributed by atoms with E-state index in [1.807, 2.05) is 6.92 Å². The molecule has 0 saturated heterocycles. The monoisotopic (exact) mass is 309 g/mol.